The number of aromatic nitrogens is 2. The van der Waals surface area contributed by atoms with E-state index in [1.165, 1.54) is 0 Å². The minimum Gasteiger partial charge on any atom is -0.326 e. The van der Waals surface area contributed by atoms with E-state index in [0.29, 0.717) is 6.42 Å². The van der Waals surface area contributed by atoms with Gasteiger partial charge in [0.1, 0.15) is 0 Å². The largest absolute Gasteiger partial charge is 0.326 e. The first-order valence-corrected chi connectivity index (χ1v) is 9.07. The van der Waals surface area contributed by atoms with Gasteiger partial charge in [0, 0.05) is 17.8 Å². The van der Waals surface area contributed by atoms with E-state index in [1.54, 1.807) is 0 Å². The van der Waals surface area contributed by atoms with Crippen molar-refractivity contribution in [3.05, 3.63) is 77.1 Å². The summed E-state index contributed by atoms with van der Waals surface area (Å²) in [5.74, 6) is 0.0496. The summed E-state index contributed by atoms with van der Waals surface area (Å²) >= 11 is 0. The average Bonchev–Trinajstić information content (AvgIpc) is 2.99. The van der Waals surface area contributed by atoms with Gasteiger partial charge in [-0.1, -0.05) is 37.3 Å². The van der Waals surface area contributed by atoms with Crippen molar-refractivity contribution in [1.82, 2.24) is 9.78 Å². The summed E-state index contributed by atoms with van der Waals surface area (Å²) in [5.41, 5.74) is 6.39. The van der Waals surface area contributed by atoms with Crippen LogP contribution in [0.2, 0.25) is 0 Å². The van der Waals surface area contributed by atoms with E-state index in [-0.39, 0.29) is 5.91 Å². The molecule has 0 bridgehead atoms. The zero-order chi connectivity index (χ0) is 18.5. The molecular formula is C22H25N3O. The second-order valence-corrected chi connectivity index (χ2v) is 6.56. The fourth-order valence-electron chi connectivity index (χ4n) is 3.12. The van der Waals surface area contributed by atoms with Gasteiger partial charge in [-0.15, -0.1) is 0 Å². The highest BCUT2D eigenvalue weighted by molar-refractivity contribution is 5.91. The number of rotatable bonds is 6. The number of benzene rings is 2. The third-order valence-corrected chi connectivity index (χ3v) is 4.50. The van der Waals surface area contributed by atoms with Gasteiger partial charge in [0.25, 0.3) is 0 Å². The lowest BCUT2D eigenvalue weighted by Crippen LogP contribution is -2.13. The molecule has 0 atom stereocenters. The Balaban J connectivity index is 1.59. The van der Waals surface area contributed by atoms with Crippen LogP contribution in [0.5, 0.6) is 0 Å². The Morgan fingerprint density at radius 2 is 1.81 bits per heavy atom. The predicted octanol–water partition coefficient (Wildman–Crippen LogP) is 4.62. The molecule has 134 valence electrons. The number of hydrogen-bond donors (Lipinski definition) is 1. The highest BCUT2D eigenvalue weighted by atomic mass is 16.1. The van der Waals surface area contributed by atoms with E-state index in [2.05, 4.69) is 47.7 Å². The van der Waals surface area contributed by atoms with Gasteiger partial charge in [-0.05, 0) is 62.1 Å². The second-order valence-electron chi connectivity index (χ2n) is 6.56. The molecule has 1 aromatic heterocycles. The summed E-state index contributed by atoms with van der Waals surface area (Å²) < 4.78 is 1.94. The molecule has 1 heterocycles. The van der Waals surface area contributed by atoms with Crippen molar-refractivity contribution in [2.45, 2.75) is 40.0 Å². The van der Waals surface area contributed by atoms with Crippen molar-refractivity contribution >= 4 is 11.6 Å². The lowest BCUT2D eigenvalue weighted by Gasteiger charge is -2.10. The van der Waals surface area contributed by atoms with E-state index >= 15 is 0 Å². The quantitative estimate of drug-likeness (QED) is 0.707. The Labute approximate surface area is 154 Å². The summed E-state index contributed by atoms with van der Waals surface area (Å²) in [4.78, 5) is 12.3. The van der Waals surface area contributed by atoms with Crippen LogP contribution in [0.15, 0.2) is 54.6 Å². The van der Waals surface area contributed by atoms with Gasteiger partial charge in [-0.25, -0.2) is 4.68 Å². The molecule has 0 spiro atoms. The first-order chi connectivity index (χ1) is 12.6. The Kier molecular flexibility index (Phi) is 5.52. The third-order valence-electron chi connectivity index (χ3n) is 4.50. The minimum atomic E-state index is 0.0496. The van der Waals surface area contributed by atoms with Gasteiger partial charge >= 0.3 is 0 Å². The molecule has 0 saturated heterocycles. The lowest BCUT2D eigenvalue weighted by atomic mass is 10.1. The summed E-state index contributed by atoms with van der Waals surface area (Å²) in [6.45, 7) is 6.13. The maximum Gasteiger partial charge on any atom is 0.224 e. The smallest absolute Gasteiger partial charge is 0.224 e. The first-order valence-electron chi connectivity index (χ1n) is 9.07. The number of anilines is 1. The van der Waals surface area contributed by atoms with Crippen molar-refractivity contribution in [2.75, 3.05) is 5.32 Å². The van der Waals surface area contributed by atoms with Crippen LogP contribution >= 0.6 is 0 Å². The third kappa shape index (κ3) is 4.20. The Morgan fingerprint density at radius 3 is 2.46 bits per heavy atom. The number of hydrogen-bond acceptors (Lipinski definition) is 2. The molecular weight excluding hydrogens is 322 g/mol. The molecule has 0 radical (unpaired) electrons. The fourth-order valence-corrected chi connectivity index (χ4v) is 3.12. The first kappa shape index (κ1) is 17.9. The molecule has 0 saturated carbocycles. The van der Waals surface area contributed by atoms with Crippen LogP contribution in [0, 0.1) is 13.8 Å². The molecule has 4 heteroatoms. The van der Waals surface area contributed by atoms with Crippen molar-refractivity contribution in [1.29, 1.82) is 0 Å². The molecule has 1 N–H and O–H groups in total. The van der Waals surface area contributed by atoms with Crippen molar-refractivity contribution in [2.24, 2.45) is 0 Å². The molecule has 4 nitrogen and oxygen atoms in total. The van der Waals surface area contributed by atoms with E-state index < -0.39 is 0 Å². The SMILES string of the molecule is CCc1ccccc1NC(=O)CCc1ccc(-n2nc(C)cc2C)cc1. The predicted molar refractivity (Wildman–Crippen MR) is 106 cm³/mol. The van der Waals surface area contributed by atoms with Crippen LogP contribution in [-0.2, 0) is 17.6 Å². The van der Waals surface area contributed by atoms with Crippen LogP contribution in [0.25, 0.3) is 5.69 Å². The molecule has 2 aromatic carbocycles. The van der Waals surface area contributed by atoms with Crippen LogP contribution < -0.4 is 5.32 Å². The van der Waals surface area contributed by atoms with Gasteiger partial charge in [-0.2, -0.15) is 5.10 Å². The minimum absolute atomic E-state index is 0.0496. The van der Waals surface area contributed by atoms with Gasteiger partial charge < -0.3 is 5.32 Å². The zero-order valence-electron chi connectivity index (χ0n) is 15.6. The Bertz CT molecular complexity index is 894. The molecule has 1 amide bonds. The summed E-state index contributed by atoms with van der Waals surface area (Å²) in [6.07, 6.45) is 2.10. The molecule has 0 unspecified atom stereocenters. The topological polar surface area (TPSA) is 46.9 Å². The van der Waals surface area contributed by atoms with E-state index in [4.69, 9.17) is 0 Å². The van der Waals surface area contributed by atoms with E-state index in [1.807, 2.05) is 42.8 Å². The molecule has 3 rings (SSSR count). The highest BCUT2D eigenvalue weighted by Crippen LogP contribution is 2.17. The van der Waals surface area contributed by atoms with Gasteiger partial charge in [0.2, 0.25) is 5.91 Å². The van der Waals surface area contributed by atoms with Crippen molar-refractivity contribution in [3.8, 4) is 5.69 Å². The maximum atomic E-state index is 12.3. The molecule has 0 aliphatic heterocycles. The highest BCUT2D eigenvalue weighted by Gasteiger charge is 2.07. The summed E-state index contributed by atoms with van der Waals surface area (Å²) in [6, 6.07) is 18.3. The average molecular weight is 347 g/mol. The molecule has 3 aromatic rings. The van der Waals surface area contributed by atoms with Crippen molar-refractivity contribution < 1.29 is 4.79 Å². The van der Waals surface area contributed by atoms with E-state index in [9.17, 15) is 4.79 Å². The van der Waals surface area contributed by atoms with Gasteiger partial charge in [0.15, 0.2) is 0 Å². The summed E-state index contributed by atoms with van der Waals surface area (Å²) in [5, 5.41) is 7.53. The fraction of sp³-hybridized carbons (Fsp3) is 0.273. The van der Waals surface area contributed by atoms with Crippen molar-refractivity contribution in [3.63, 3.8) is 0 Å². The number of carbonyl (C=O) groups excluding carboxylic acids is 1. The number of amides is 1. The maximum absolute atomic E-state index is 12.3. The van der Waals surface area contributed by atoms with Gasteiger partial charge in [-0.3, -0.25) is 4.79 Å². The van der Waals surface area contributed by atoms with E-state index in [0.717, 1.165) is 46.7 Å². The molecule has 26 heavy (non-hydrogen) atoms. The standard InChI is InChI=1S/C22H25N3O/c1-4-19-7-5-6-8-21(19)23-22(26)14-11-18-9-12-20(13-10-18)25-17(3)15-16(2)24-25/h5-10,12-13,15H,4,11,14H2,1-3H3,(H,23,26). The summed E-state index contributed by atoms with van der Waals surface area (Å²) in [7, 11) is 0. The number of carbonyl (C=O) groups is 1. The second kappa shape index (κ2) is 8.00. The number of aryl methyl sites for hydroxylation is 4. The Morgan fingerprint density at radius 1 is 1.08 bits per heavy atom. The monoisotopic (exact) mass is 347 g/mol. The molecule has 0 fully saturated rings. The molecule has 0 aliphatic rings. The normalized spacial score (nSPS) is 10.7. The van der Waals surface area contributed by atoms with Crippen LogP contribution in [-0.4, -0.2) is 15.7 Å². The van der Waals surface area contributed by atoms with Crippen LogP contribution in [0.4, 0.5) is 5.69 Å². The zero-order valence-corrected chi connectivity index (χ0v) is 15.6. The van der Waals surface area contributed by atoms with Gasteiger partial charge in [0.05, 0.1) is 11.4 Å². The lowest BCUT2D eigenvalue weighted by molar-refractivity contribution is -0.116. The van der Waals surface area contributed by atoms with Crippen LogP contribution in [0.3, 0.4) is 0 Å². The molecule has 0 aliphatic carbocycles. The Hall–Kier alpha value is -2.88. The number of para-hydroxylation sites is 1. The number of nitrogens with one attached hydrogen (secondary N) is 1. The van der Waals surface area contributed by atoms with Crippen LogP contribution in [0.1, 0.15) is 35.9 Å². The number of nitrogens with zero attached hydrogens (tertiary/aromatic N) is 2.